The lowest BCUT2D eigenvalue weighted by atomic mass is 9.98. The summed E-state index contributed by atoms with van der Waals surface area (Å²) in [5.74, 6) is 0. The molecule has 19 atom stereocenters. The molecule has 17 heteroatoms. The molecular weight excluding hydrogens is 632 g/mol. The molecule has 0 aromatic heterocycles. The molecule has 5 aliphatic heterocycles. The van der Waals surface area contributed by atoms with Crippen molar-refractivity contribution in [3.8, 4) is 0 Å². The number of hydrogen-bond donors (Lipinski definition) is 6. The number of aliphatic hydroxyl groups is 6. The minimum absolute atomic E-state index is 0.0272. The molecule has 0 bridgehead atoms. The van der Waals surface area contributed by atoms with Gasteiger partial charge < -0.3 is 82.8 Å². The third-order valence-corrected chi connectivity index (χ3v) is 9.43. The first-order valence-electron chi connectivity index (χ1n) is 16.3. The first-order valence-corrected chi connectivity index (χ1v) is 16.3. The Morgan fingerprint density at radius 2 is 1.26 bits per heavy atom. The van der Waals surface area contributed by atoms with Crippen LogP contribution in [0.4, 0.5) is 0 Å². The molecule has 5 heterocycles. The summed E-state index contributed by atoms with van der Waals surface area (Å²) >= 11 is 0. The molecule has 5 aliphatic rings. The van der Waals surface area contributed by atoms with E-state index >= 15 is 0 Å². The topological polar surface area (TPSA) is 231 Å². The lowest BCUT2D eigenvalue weighted by molar-refractivity contribution is -0.348. The maximum Gasteiger partial charge on any atom is 0.187 e. The highest BCUT2D eigenvalue weighted by molar-refractivity contribution is 5.57. The molecule has 0 spiro atoms. The summed E-state index contributed by atoms with van der Waals surface area (Å²) in [7, 11) is 1.50. The van der Waals surface area contributed by atoms with Gasteiger partial charge in [-0.05, 0) is 27.2 Å². The molecule has 0 saturated carbocycles. The molecule has 0 radical (unpaired) electrons. The summed E-state index contributed by atoms with van der Waals surface area (Å²) < 4.78 is 57.5. The van der Waals surface area contributed by atoms with Crippen LogP contribution in [-0.2, 0) is 52.2 Å². The number of ether oxygens (including phenoxy) is 10. The molecule has 47 heavy (non-hydrogen) atoms. The fourth-order valence-corrected chi connectivity index (χ4v) is 6.61. The van der Waals surface area contributed by atoms with Gasteiger partial charge in [0.1, 0.15) is 42.7 Å². The van der Waals surface area contributed by atoms with Crippen LogP contribution in [0.2, 0.25) is 0 Å². The Morgan fingerprint density at radius 3 is 1.89 bits per heavy atom. The third kappa shape index (κ3) is 8.86. The van der Waals surface area contributed by atoms with Gasteiger partial charge in [-0.15, -0.1) is 0 Å². The predicted octanol–water partition coefficient (Wildman–Crippen LogP) is -2.20. The summed E-state index contributed by atoms with van der Waals surface area (Å²) in [5, 5.41) is 62.9. The second-order valence-electron chi connectivity index (χ2n) is 12.9. The standard InChI is InChI=1S/C30H50O17/c1-12-18(44-30-27(37)26(36)29(19(10-31)45-30)47-24-8-16(33)25(35)13(2)41-24)5-6-21(40-12)43-20-11-39-23(7-15(20)32)46-28-14(3)42-22(38-4)9-17(28)34/h10,12-30,32-37H,5-9,11H2,1-4H3/t12?,13-,14?,15+,16+,17+,18-,19-,20+,21+,22-,23-,24+,25+,26+,27?,28+,29+,30+/m0/s1. The van der Waals surface area contributed by atoms with Crippen molar-refractivity contribution < 1.29 is 82.8 Å². The predicted molar refractivity (Wildman–Crippen MR) is 153 cm³/mol. The monoisotopic (exact) mass is 682 g/mol. The zero-order chi connectivity index (χ0) is 34.0. The van der Waals surface area contributed by atoms with E-state index in [-0.39, 0.29) is 25.9 Å². The Kier molecular flexibility index (Phi) is 13.0. The van der Waals surface area contributed by atoms with E-state index in [1.54, 1.807) is 20.8 Å². The quantitative estimate of drug-likeness (QED) is 0.134. The molecule has 0 amide bonds. The van der Waals surface area contributed by atoms with Gasteiger partial charge in [-0.2, -0.15) is 0 Å². The van der Waals surface area contributed by atoms with Crippen molar-refractivity contribution in [2.45, 2.75) is 170 Å². The summed E-state index contributed by atoms with van der Waals surface area (Å²) in [6, 6.07) is 0. The van der Waals surface area contributed by atoms with Gasteiger partial charge in [0.05, 0.1) is 49.3 Å². The summed E-state index contributed by atoms with van der Waals surface area (Å²) in [4.78, 5) is 11.9. The van der Waals surface area contributed by atoms with Crippen LogP contribution in [0.1, 0.15) is 52.9 Å². The van der Waals surface area contributed by atoms with Crippen molar-refractivity contribution in [3.05, 3.63) is 0 Å². The van der Waals surface area contributed by atoms with Gasteiger partial charge in [-0.3, -0.25) is 0 Å². The summed E-state index contributed by atoms with van der Waals surface area (Å²) in [6.07, 6.45) is -16.5. The normalized spacial score (nSPS) is 51.4. The number of aldehydes is 1. The van der Waals surface area contributed by atoms with Crippen LogP contribution in [0.5, 0.6) is 0 Å². The molecule has 6 N–H and O–H groups in total. The largest absolute Gasteiger partial charge is 0.390 e. The molecule has 3 unspecified atom stereocenters. The Labute approximate surface area is 272 Å². The fourth-order valence-electron chi connectivity index (χ4n) is 6.61. The van der Waals surface area contributed by atoms with E-state index in [9.17, 15) is 35.4 Å². The molecule has 17 nitrogen and oxygen atoms in total. The lowest BCUT2D eigenvalue weighted by Gasteiger charge is -2.45. The van der Waals surface area contributed by atoms with Crippen LogP contribution in [0.25, 0.3) is 0 Å². The maximum atomic E-state index is 11.9. The van der Waals surface area contributed by atoms with Gasteiger partial charge in [-0.25, -0.2) is 0 Å². The fraction of sp³-hybridized carbons (Fsp3) is 0.967. The van der Waals surface area contributed by atoms with Crippen molar-refractivity contribution in [1.82, 2.24) is 0 Å². The number of rotatable bonds is 10. The minimum atomic E-state index is -1.59. The van der Waals surface area contributed by atoms with Crippen LogP contribution in [0, 0.1) is 0 Å². The average molecular weight is 683 g/mol. The second kappa shape index (κ2) is 16.4. The third-order valence-electron chi connectivity index (χ3n) is 9.43. The average Bonchev–Trinajstić information content (AvgIpc) is 3.03. The van der Waals surface area contributed by atoms with E-state index < -0.39 is 117 Å². The van der Waals surface area contributed by atoms with Gasteiger partial charge in [0.2, 0.25) is 0 Å². The Hall–Kier alpha value is -0.970. The Balaban J connectivity index is 1.07. The van der Waals surface area contributed by atoms with Crippen molar-refractivity contribution in [3.63, 3.8) is 0 Å². The zero-order valence-corrected chi connectivity index (χ0v) is 27.0. The highest BCUT2D eigenvalue weighted by Crippen LogP contribution is 2.33. The smallest absolute Gasteiger partial charge is 0.187 e. The van der Waals surface area contributed by atoms with Crippen molar-refractivity contribution in [2.24, 2.45) is 0 Å². The molecule has 0 aromatic rings. The molecule has 5 fully saturated rings. The van der Waals surface area contributed by atoms with Crippen molar-refractivity contribution in [1.29, 1.82) is 0 Å². The first-order chi connectivity index (χ1) is 22.4. The van der Waals surface area contributed by atoms with E-state index in [2.05, 4.69) is 0 Å². The number of aliphatic hydroxyl groups excluding tert-OH is 6. The van der Waals surface area contributed by atoms with Gasteiger partial charge in [-0.1, -0.05) is 0 Å². The number of hydrogen-bond acceptors (Lipinski definition) is 17. The van der Waals surface area contributed by atoms with Gasteiger partial charge in [0.25, 0.3) is 0 Å². The van der Waals surface area contributed by atoms with Crippen LogP contribution in [-0.4, -0.2) is 168 Å². The number of carbonyl (C=O) groups is 1. The molecule has 0 aromatic carbocycles. The van der Waals surface area contributed by atoms with E-state index in [1.165, 1.54) is 7.11 Å². The highest BCUT2D eigenvalue weighted by atomic mass is 16.8. The van der Waals surface area contributed by atoms with E-state index in [0.717, 1.165) is 0 Å². The number of carbonyl (C=O) groups excluding carboxylic acids is 1. The van der Waals surface area contributed by atoms with Crippen LogP contribution in [0.15, 0.2) is 0 Å². The number of methoxy groups -OCH3 is 1. The summed E-state index contributed by atoms with van der Waals surface area (Å²) in [5.41, 5.74) is 0. The van der Waals surface area contributed by atoms with E-state index in [4.69, 9.17) is 47.4 Å². The van der Waals surface area contributed by atoms with Crippen LogP contribution < -0.4 is 0 Å². The van der Waals surface area contributed by atoms with Gasteiger partial charge in [0, 0.05) is 32.8 Å². The second-order valence-corrected chi connectivity index (χ2v) is 12.9. The van der Waals surface area contributed by atoms with E-state index in [1.807, 2.05) is 0 Å². The van der Waals surface area contributed by atoms with E-state index in [0.29, 0.717) is 19.1 Å². The van der Waals surface area contributed by atoms with Crippen molar-refractivity contribution in [2.75, 3.05) is 13.7 Å². The maximum absolute atomic E-state index is 11.9. The molecule has 272 valence electrons. The van der Waals surface area contributed by atoms with Gasteiger partial charge >= 0.3 is 0 Å². The van der Waals surface area contributed by atoms with Crippen LogP contribution in [0.3, 0.4) is 0 Å². The Bertz CT molecular complexity index is 968. The molecule has 5 rings (SSSR count). The lowest BCUT2D eigenvalue weighted by Crippen LogP contribution is -2.62. The summed E-state index contributed by atoms with van der Waals surface area (Å²) in [6.45, 7) is 5.08. The van der Waals surface area contributed by atoms with Crippen LogP contribution >= 0.6 is 0 Å². The SMILES string of the molecule is CO[C@@H]1C[C@@H](O)[C@H](O[C@H]2C[C@@H](O)[C@H](O[C@@H]3CC[C@H](O[C@@H]4O[C@@H](C=O)[C@@H](O[C@@H]5C[C@@H](O)[C@H](O)[C@H](C)O5)[C@H](O)C4O)C(C)O3)CO2)C(C)O1. The molecule has 5 saturated heterocycles. The van der Waals surface area contributed by atoms with Gasteiger partial charge in [0.15, 0.2) is 37.7 Å². The molecular formula is C30H50O17. The van der Waals surface area contributed by atoms with Crippen molar-refractivity contribution >= 4 is 6.29 Å². The Morgan fingerprint density at radius 1 is 0.596 bits per heavy atom. The highest BCUT2D eigenvalue weighted by Gasteiger charge is 2.50. The minimum Gasteiger partial charge on any atom is -0.390 e. The molecule has 0 aliphatic carbocycles. The first kappa shape index (κ1) is 37.3. The zero-order valence-electron chi connectivity index (χ0n) is 27.0.